The van der Waals surface area contributed by atoms with E-state index in [9.17, 15) is 20.1 Å². The van der Waals surface area contributed by atoms with Crippen LogP contribution in [0.15, 0.2) is 0 Å². The fourth-order valence-corrected chi connectivity index (χ4v) is 3.43. The minimum atomic E-state index is -1.25. The lowest BCUT2D eigenvalue weighted by atomic mass is 9.86. The highest BCUT2D eigenvalue weighted by atomic mass is 16.7. The van der Waals surface area contributed by atoms with Crippen LogP contribution in [-0.2, 0) is 14.3 Å². The number of nitrogens with one attached hydrogen (secondary N) is 2. The van der Waals surface area contributed by atoms with Gasteiger partial charge in [-0.3, -0.25) is 4.79 Å². The van der Waals surface area contributed by atoms with Crippen molar-refractivity contribution < 1.29 is 29.6 Å². The van der Waals surface area contributed by atoms with Gasteiger partial charge in [-0.1, -0.05) is 0 Å². The van der Waals surface area contributed by atoms with Crippen LogP contribution in [0.2, 0.25) is 0 Å². The first-order chi connectivity index (χ1) is 10.8. The highest BCUT2D eigenvalue weighted by Crippen LogP contribution is 2.29. The van der Waals surface area contributed by atoms with Crippen LogP contribution >= 0.6 is 0 Å². The number of carbonyl (C=O) groups is 1. The van der Waals surface area contributed by atoms with Crippen LogP contribution in [-0.4, -0.2) is 83.7 Å². The maximum Gasteiger partial charge on any atom is 0.207 e. The molecule has 0 aromatic heterocycles. The standard InChI is InChI=1S/C14H27N3O6/c1-14(21)5-22-13(10(20)12(14)16-2)23-11-8(17-6-18)3-7(15)4-9(11)19/h6-13,16,19-21H,3-5,15H2,1-2H3,(H,17,18)/t7-,8+,9-,10+,11-,12+,13+,14-/m0/s1. The van der Waals surface area contributed by atoms with Gasteiger partial charge in [-0.25, -0.2) is 0 Å². The Kier molecular flexibility index (Phi) is 5.95. The van der Waals surface area contributed by atoms with Crippen molar-refractivity contribution in [2.75, 3.05) is 13.7 Å². The van der Waals surface area contributed by atoms with E-state index in [1.807, 2.05) is 0 Å². The highest BCUT2D eigenvalue weighted by molar-refractivity contribution is 5.47. The lowest BCUT2D eigenvalue weighted by Gasteiger charge is -2.46. The summed E-state index contributed by atoms with van der Waals surface area (Å²) < 4.78 is 11.2. The summed E-state index contributed by atoms with van der Waals surface area (Å²) in [5.74, 6) is 0. The molecule has 0 bridgehead atoms. The van der Waals surface area contributed by atoms with Gasteiger partial charge in [0.1, 0.15) is 17.8 Å². The normalized spacial score (nSPS) is 48.0. The maximum atomic E-state index is 10.8. The Morgan fingerprint density at radius 2 is 2.09 bits per heavy atom. The summed E-state index contributed by atoms with van der Waals surface area (Å²) in [6.07, 6.45) is -2.48. The van der Waals surface area contributed by atoms with E-state index in [1.54, 1.807) is 14.0 Å². The average Bonchev–Trinajstić information content (AvgIpc) is 2.45. The van der Waals surface area contributed by atoms with E-state index in [0.29, 0.717) is 19.3 Å². The summed E-state index contributed by atoms with van der Waals surface area (Å²) in [7, 11) is 1.62. The van der Waals surface area contributed by atoms with E-state index in [2.05, 4.69) is 10.6 Å². The number of aliphatic hydroxyl groups is 3. The van der Waals surface area contributed by atoms with Gasteiger partial charge in [-0.15, -0.1) is 0 Å². The van der Waals surface area contributed by atoms with Crippen LogP contribution < -0.4 is 16.4 Å². The molecule has 134 valence electrons. The summed E-state index contributed by atoms with van der Waals surface area (Å²) >= 11 is 0. The molecule has 9 heteroatoms. The van der Waals surface area contributed by atoms with Crippen LogP contribution in [0.25, 0.3) is 0 Å². The van der Waals surface area contributed by atoms with Crippen LogP contribution in [0.5, 0.6) is 0 Å². The zero-order valence-electron chi connectivity index (χ0n) is 13.4. The molecule has 0 aromatic carbocycles. The average molecular weight is 333 g/mol. The molecule has 8 atom stereocenters. The van der Waals surface area contributed by atoms with E-state index in [-0.39, 0.29) is 12.6 Å². The van der Waals surface area contributed by atoms with Crippen molar-refractivity contribution in [3.63, 3.8) is 0 Å². The van der Waals surface area contributed by atoms with Gasteiger partial charge in [0.05, 0.1) is 24.8 Å². The van der Waals surface area contributed by atoms with Gasteiger partial charge < -0.3 is 41.2 Å². The molecule has 2 rings (SSSR count). The molecule has 1 aliphatic heterocycles. The summed E-state index contributed by atoms with van der Waals surface area (Å²) in [5.41, 5.74) is 4.60. The topological polar surface area (TPSA) is 146 Å². The zero-order chi connectivity index (χ0) is 17.2. The quantitative estimate of drug-likeness (QED) is 0.292. The minimum absolute atomic E-state index is 0.0334. The predicted octanol–water partition coefficient (Wildman–Crippen LogP) is -2.98. The molecule has 0 radical (unpaired) electrons. The number of carbonyl (C=O) groups excluding carboxylic acids is 1. The van der Waals surface area contributed by atoms with Crippen molar-refractivity contribution in [1.82, 2.24) is 10.6 Å². The molecule has 1 saturated carbocycles. The number of hydrogen-bond acceptors (Lipinski definition) is 8. The first kappa shape index (κ1) is 18.5. The number of hydrogen-bond donors (Lipinski definition) is 6. The third-order valence-corrected chi connectivity index (χ3v) is 4.59. The summed E-state index contributed by atoms with van der Waals surface area (Å²) in [6, 6.07) is -1.37. The van der Waals surface area contributed by atoms with Gasteiger partial charge in [0.15, 0.2) is 6.29 Å². The molecule has 1 saturated heterocycles. The molecule has 0 aromatic rings. The smallest absolute Gasteiger partial charge is 0.207 e. The van der Waals surface area contributed by atoms with Crippen molar-refractivity contribution in [3.05, 3.63) is 0 Å². The SMILES string of the molecule is CN[C@@H]1[C@@H](O)[C@@H](O[C@@H]2[C@@H](O)C[C@@H](N)C[C@H]2NC=O)OC[C@]1(C)O. The van der Waals surface area contributed by atoms with Gasteiger partial charge in [0, 0.05) is 6.04 Å². The number of likely N-dealkylation sites (N-methyl/N-ethyl adjacent to an activating group) is 1. The van der Waals surface area contributed by atoms with E-state index < -0.39 is 42.3 Å². The lowest BCUT2D eigenvalue weighted by molar-refractivity contribution is -0.292. The largest absolute Gasteiger partial charge is 0.390 e. The third-order valence-electron chi connectivity index (χ3n) is 4.59. The number of ether oxygens (including phenoxy) is 2. The Morgan fingerprint density at radius 1 is 1.39 bits per heavy atom. The lowest BCUT2D eigenvalue weighted by Crippen LogP contribution is -2.66. The van der Waals surface area contributed by atoms with E-state index >= 15 is 0 Å². The zero-order valence-corrected chi connectivity index (χ0v) is 13.4. The Labute approximate surface area is 135 Å². The van der Waals surface area contributed by atoms with Crippen LogP contribution in [0.1, 0.15) is 19.8 Å². The molecule has 23 heavy (non-hydrogen) atoms. The molecule has 1 amide bonds. The molecule has 2 aliphatic rings. The van der Waals surface area contributed by atoms with E-state index in [4.69, 9.17) is 15.2 Å². The summed E-state index contributed by atoms with van der Waals surface area (Å²) in [5, 5.41) is 36.3. The Balaban J connectivity index is 2.08. The molecular weight excluding hydrogens is 306 g/mol. The Hall–Kier alpha value is -0.810. The van der Waals surface area contributed by atoms with Crippen molar-refractivity contribution in [3.8, 4) is 0 Å². The molecule has 1 heterocycles. The first-order valence-electron chi connectivity index (χ1n) is 7.78. The molecule has 0 spiro atoms. The monoisotopic (exact) mass is 333 g/mol. The van der Waals surface area contributed by atoms with Gasteiger partial charge in [-0.05, 0) is 26.8 Å². The van der Waals surface area contributed by atoms with E-state index in [1.165, 1.54) is 0 Å². The van der Waals surface area contributed by atoms with Crippen molar-refractivity contribution in [2.24, 2.45) is 5.73 Å². The van der Waals surface area contributed by atoms with Crippen LogP contribution in [0, 0.1) is 0 Å². The Bertz CT molecular complexity index is 410. The second-order valence-electron chi connectivity index (χ2n) is 6.58. The molecule has 1 aliphatic carbocycles. The third kappa shape index (κ3) is 4.00. The van der Waals surface area contributed by atoms with Gasteiger partial charge in [0.25, 0.3) is 0 Å². The van der Waals surface area contributed by atoms with E-state index in [0.717, 1.165) is 0 Å². The first-order valence-corrected chi connectivity index (χ1v) is 7.78. The Morgan fingerprint density at radius 3 is 2.70 bits per heavy atom. The predicted molar refractivity (Wildman–Crippen MR) is 80.3 cm³/mol. The molecule has 0 unspecified atom stereocenters. The fourth-order valence-electron chi connectivity index (χ4n) is 3.43. The highest BCUT2D eigenvalue weighted by Gasteiger charge is 2.48. The van der Waals surface area contributed by atoms with Crippen LogP contribution in [0.4, 0.5) is 0 Å². The van der Waals surface area contributed by atoms with Crippen molar-refractivity contribution in [1.29, 1.82) is 0 Å². The van der Waals surface area contributed by atoms with Gasteiger partial charge in [-0.2, -0.15) is 0 Å². The number of amides is 1. The minimum Gasteiger partial charge on any atom is -0.390 e. The molecule has 9 nitrogen and oxygen atoms in total. The number of nitrogens with two attached hydrogens (primary N) is 1. The summed E-state index contributed by atoms with van der Waals surface area (Å²) in [4.78, 5) is 10.8. The van der Waals surface area contributed by atoms with Crippen LogP contribution in [0.3, 0.4) is 0 Å². The maximum absolute atomic E-state index is 10.8. The number of rotatable bonds is 5. The molecule has 2 fully saturated rings. The van der Waals surface area contributed by atoms with Crippen molar-refractivity contribution >= 4 is 6.41 Å². The van der Waals surface area contributed by atoms with Gasteiger partial charge >= 0.3 is 0 Å². The number of aliphatic hydroxyl groups excluding tert-OH is 2. The van der Waals surface area contributed by atoms with Gasteiger partial charge in [0.2, 0.25) is 6.41 Å². The fraction of sp³-hybridized carbons (Fsp3) is 0.929. The van der Waals surface area contributed by atoms with Crippen molar-refractivity contribution in [2.45, 2.75) is 68.1 Å². The molecule has 7 N–H and O–H groups in total. The molecular formula is C14H27N3O6. The second-order valence-corrected chi connectivity index (χ2v) is 6.58. The second kappa shape index (κ2) is 7.39. The summed E-state index contributed by atoms with van der Waals surface area (Å²) in [6.45, 7) is 1.52.